The molecule has 1 atom stereocenters. The smallest absolute Gasteiger partial charge is 0.332 e. The third kappa shape index (κ3) is 4.78. The molecule has 0 aliphatic carbocycles. The number of anilines is 1. The standard InChI is InChI=1S/C21H24N4O5S/c1-3-10-24(16-9-11-31(29,30)14-16)13-17(26)18-19(22)25(21(28)23(2)20(18)27)12-15-7-5-4-6-8-15/h1,4-8,16H,9-14,22H2,2H3. The van der Waals surface area contributed by atoms with Gasteiger partial charge >= 0.3 is 5.69 Å². The van der Waals surface area contributed by atoms with Gasteiger partial charge in [-0.3, -0.25) is 23.6 Å². The van der Waals surface area contributed by atoms with Crippen LogP contribution in [0, 0.1) is 12.3 Å². The monoisotopic (exact) mass is 444 g/mol. The summed E-state index contributed by atoms with van der Waals surface area (Å²) in [5, 5.41) is 0. The Balaban J connectivity index is 1.97. The highest BCUT2D eigenvalue weighted by atomic mass is 32.2. The molecule has 1 aliphatic rings. The van der Waals surface area contributed by atoms with Gasteiger partial charge in [0.05, 0.1) is 31.1 Å². The van der Waals surface area contributed by atoms with Gasteiger partial charge in [-0.25, -0.2) is 13.2 Å². The topological polar surface area (TPSA) is 124 Å². The van der Waals surface area contributed by atoms with Crippen molar-refractivity contribution < 1.29 is 13.2 Å². The maximum Gasteiger partial charge on any atom is 0.332 e. The average molecular weight is 445 g/mol. The third-order valence-corrected chi connectivity index (χ3v) is 7.16. The molecule has 9 nitrogen and oxygen atoms in total. The summed E-state index contributed by atoms with van der Waals surface area (Å²) >= 11 is 0. The number of nitrogens with zero attached hydrogens (tertiary/aromatic N) is 3. The molecule has 2 N–H and O–H groups in total. The number of ketones is 1. The number of carbonyl (C=O) groups excluding carboxylic acids is 1. The number of aromatic nitrogens is 2. The van der Waals surface area contributed by atoms with Crippen molar-refractivity contribution in [2.24, 2.45) is 7.05 Å². The second-order valence-electron chi connectivity index (χ2n) is 7.57. The second kappa shape index (κ2) is 8.91. The van der Waals surface area contributed by atoms with Crippen molar-refractivity contribution in [3.05, 3.63) is 62.3 Å². The summed E-state index contributed by atoms with van der Waals surface area (Å²) in [6, 6.07) is 8.62. The van der Waals surface area contributed by atoms with Gasteiger partial charge in [0, 0.05) is 13.1 Å². The van der Waals surface area contributed by atoms with Crippen molar-refractivity contribution in [1.82, 2.24) is 14.0 Å². The number of carbonyl (C=O) groups is 1. The van der Waals surface area contributed by atoms with Crippen molar-refractivity contribution in [1.29, 1.82) is 0 Å². The van der Waals surface area contributed by atoms with Gasteiger partial charge in [-0.05, 0) is 12.0 Å². The Morgan fingerprint density at radius 3 is 2.55 bits per heavy atom. The lowest BCUT2D eigenvalue weighted by molar-refractivity contribution is 0.0913. The summed E-state index contributed by atoms with van der Waals surface area (Å²) in [6.07, 6.45) is 5.76. The highest BCUT2D eigenvalue weighted by Crippen LogP contribution is 2.18. The molecule has 0 spiro atoms. The van der Waals surface area contributed by atoms with E-state index in [0.717, 1.165) is 10.1 Å². The minimum absolute atomic E-state index is 0.0266. The quantitative estimate of drug-likeness (QED) is 0.450. The first kappa shape index (κ1) is 22.5. The predicted molar refractivity (Wildman–Crippen MR) is 118 cm³/mol. The number of Topliss-reactive ketones (excluding diaryl/α,β-unsaturated/α-hetero) is 1. The number of benzene rings is 1. The molecule has 1 unspecified atom stereocenters. The van der Waals surface area contributed by atoms with Gasteiger partial charge in [-0.15, -0.1) is 6.42 Å². The predicted octanol–water partition coefficient (Wildman–Crippen LogP) is -0.517. The Morgan fingerprint density at radius 1 is 1.29 bits per heavy atom. The zero-order valence-electron chi connectivity index (χ0n) is 17.2. The van der Waals surface area contributed by atoms with Crippen LogP contribution in [-0.2, 0) is 23.4 Å². The number of hydrogen-bond acceptors (Lipinski definition) is 7. The van der Waals surface area contributed by atoms with E-state index < -0.39 is 32.9 Å². The van der Waals surface area contributed by atoms with E-state index in [1.54, 1.807) is 29.2 Å². The highest BCUT2D eigenvalue weighted by Gasteiger charge is 2.34. The van der Waals surface area contributed by atoms with E-state index in [2.05, 4.69) is 5.92 Å². The van der Waals surface area contributed by atoms with Gasteiger partial charge in [0.25, 0.3) is 5.56 Å². The molecule has 1 aromatic heterocycles. The fourth-order valence-electron chi connectivity index (χ4n) is 3.72. The van der Waals surface area contributed by atoms with Crippen molar-refractivity contribution in [2.45, 2.75) is 19.0 Å². The van der Waals surface area contributed by atoms with Crippen LogP contribution in [0.4, 0.5) is 5.82 Å². The summed E-state index contributed by atoms with van der Waals surface area (Å²) in [5.41, 5.74) is 5.17. The zero-order valence-corrected chi connectivity index (χ0v) is 18.0. The first-order valence-electron chi connectivity index (χ1n) is 9.69. The Bertz CT molecular complexity index is 1260. The van der Waals surface area contributed by atoms with Gasteiger partial charge in [0.15, 0.2) is 15.6 Å². The largest absolute Gasteiger partial charge is 0.384 e. The number of terminal acetylenes is 1. The molecule has 164 valence electrons. The Hall–Kier alpha value is -3.16. The Morgan fingerprint density at radius 2 is 1.97 bits per heavy atom. The maximum absolute atomic E-state index is 13.1. The van der Waals surface area contributed by atoms with E-state index in [-0.39, 0.29) is 42.5 Å². The third-order valence-electron chi connectivity index (χ3n) is 5.41. The first-order valence-corrected chi connectivity index (χ1v) is 11.5. The number of nitrogen functional groups attached to an aromatic ring is 1. The minimum Gasteiger partial charge on any atom is -0.384 e. The van der Waals surface area contributed by atoms with Gasteiger partial charge in [-0.1, -0.05) is 36.3 Å². The molecule has 1 fully saturated rings. The van der Waals surface area contributed by atoms with E-state index in [1.165, 1.54) is 11.6 Å². The lowest BCUT2D eigenvalue weighted by atomic mass is 10.1. The van der Waals surface area contributed by atoms with Crippen molar-refractivity contribution in [3.8, 4) is 12.3 Å². The van der Waals surface area contributed by atoms with Crippen LogP contribution in [-0.4, -0.2) is 58.9 Å². The van der Waals surface area contributed by atoms with Crippen molar-refractivity contribution in [2.75, 3.05) is 30.3 Å². The van der Waals surface area contributed by atoms with Crippen LogP contribution >= 0.6 is 0 Å². The molecule has 2 heterocycles. The molecule has 10 heteroatoms. The summed E-state index contributed by atoms with van der Waals surface area (Å²) < 4.78 is 25.7. The van der Waals surface area contributed by atoms with Crippen LogP contribution in [0.2, 0.25) is 0 Å². The lowest BCUT2D eigenvalue weighted by Crippen LogP contribution is -2.46. The average Bonchev–Trinajstić information content (AvgIpc) is 3.10. The van der Waals surface area contributed by atoms with Gasteiger partial charge in [0.1, 0.15) is 11.4 Å². The second-order valence-corrected chi connectivity index (χ2v) is 9.80. The fourth-order valence-corrected chi connectivity index (χ4v) is 5.48. The molecule has 0 radical (unpaired) electrons. The molecule has 0 saturated carbocycles. The van der Waals surface area contributed by atoms with E-state index in [0.29, 0.717) is 6.42 Å². The number of sulfone groups is 1. The fraction of sp³-hybridized carbons (Fsp3) is 0.381. The number of nitrogens with two attached hydrogens (primary N) is 1. The molecular formula is C21H24N4O5S. The van der Waals surface area contributed by atoms with Crippen molar-refractivity contribution in [3.63, 3.8) is 0 Å². The number of hydrogen-bond donors (Lipinski definition) is 1. The molecule has 1 aromatic carbocycles. The van der Waals surface area contributed by atoms with Crippen LogP contribution in [0.25, 0.3) is 0 Å². The van der Waals surface area contributed by atoms with Crippen LogP contribution in [0.3, 0.4) is 0 Å². The SMILES string of the molecule is C#CCN(CC(=O)c1c(N)n(Cc2ccccc2)c(=O)n(C)c1=O)C1CCS(=O)(=O)C1. The van der Waals surface area contributed by atoms with Crippen molar-refractivity contribution >= 4 is 21.4 Å². The van der Waals surface area contributed by atoms with E-state index >= 15 is 0 Å². The van der Waals surface area contributed by atoms with E-state index in [9.17, 15) is 22.8 Å². The number of rotatable bonds is 7. The molecular weight excluding hydrogens is 420 g/mol. The summed E-state index contributed by atoms with van der Waals surface area (Å²) in [5.74, 6) is 1.53. The lowest BCUT2D eigenvalue weighted by Gasteiger charge is -2.25. The zero-order chi connectivity index (χ0) is 22.8. The molecule has 3 rings (SSSR count). The molecule has 0 bridgehead atoms. The molecule has 1 aliphatic heterocycles. The van der Waals surface area contributed by atoms with Crippen LogP contribution in [0.5, 0.6) is 0 Å². The molecule has 1 saturated heterocycles. The normalized spacial score (nSPS) is 17.5. The van der Waals surface area contributed by atoms with Gasteiger partial charge < -0.3 is 5.73 Å². The van der Waals surface area contributed by atoms with Crippen LogP contribution in [0.1, 0.15) is 22.3 Å². The summed E-state index contributed by atoms with van der Waals surface area (Å²) in [4.78, 5) is 40.0. The molecule has 2 aromatic rings. The maximum atomic E-state index is 13.1. The van der Waals surface area contributed by atoms with Crippen LogP contribution < -0.4 is 17.0 Å². The van der Waals surface area contributed by atoms with E-state index in [1.807, 2.05) is 6.07 Å². The van der Waals surface area contributed by atoms with Crippen LogP contribution in [0.15, 0.2) is 39.9 Å². The molecule has 0 amide bonds. The van der Waals surface area contributed by atoms with Gasteiger partial charge in [0.2, 0.25) is 0 Å². The van der Waals surface area contributed by atoms with E-state index in [4.69, 9.17) is 12.2 Å². The Kier molecular flexibility index (Phi) is 6.48. The Labute approximate surface area is 180 Å². The minimum atomic E-state index is -3.19. The summed E-state index contributed by atoms with van der Waals surface area (Å²) in [6.45, 7) is -0.127. The highest BCUT2D eigenvalue weighted by molar-refractivity contribution is 7.91. The molecule has 31 heavy (non-hydrogen) atoms. The van der Waals surface area contributed by atoms with Gasteiger partial charge in [-0.2, -0.15) is 0 Å². The first-order chi connectivity index (χ1) is 14.6. The summed E-state index contributed by atoms with van der Waals surface area (Å²) in [7, 11) is -1.90.